The van der Waals surface area contributed by atoms with Crippen molar-refractivity contribution in [3.63, 3.8) is 0 Å². The lowest BCUT2D eigenvalue weighted by atomic mass is 9.92. The zero-order valence-electron chi connectivity index (χ0n) is 19.0. The normalized spacial score (nSPS) is 22.9. The highest BCUT2D eigenvalue weighted by Gasteiger charge is 2.48. The maximum absolute atomic E-state index is 13.7. The lowest BCUT2D eigenvalue weighted by Crippen LogP contribution is -2.60. The number of benzene rings is 1. The van der Waals surface area contributed by atoms with Crippen LogP contribution in [0.5, 0.6) is 5.75 Å². The van der Waals surface area contributed by atoms with Crippen molar-refractivity contribution < 1.29 is 27.9 Å². The number of thioether (sulfide) groups is 1. The summed E-state index contributed by atoms with van der Waals surface area (Å²) in [5.41, 5.74) is 5.54. The summed E-state index contributed by atoms with van der Waals surface area (Å²) in [4.78, 5) is 39.9. The monoisotopic (exact) mass is 508 g/mol. The summed E-state index contributed by atoms with van der Waals surface area (Å²) >= 11 is 1.29. The van der Waals surface area contributed by atoms with E-state index in [-0.39, 0.29) is 17.1 Å². The van der Waals surface area contributed by atoms with E-state index in [0.29, 0.717) is 15.4 Å². The van der Waals surface area contributed by atoms with Gasteiger partial charge in [0.25, 0.3) is 5.91 Å². The van der Waals surface area contributed by atoms with Crippen molar-refractivity contribution in [1.82, 2.24) is 9.58 Å². The molecule has 8 nitrogen and oxygen atoms in total. The Labute approximate surface area is 202 Å². The quantitative estimate of drug-likeness (QED) is 0.601. The molecule has 0 saturated heterocycles. The third kappa shape index (κ3) is 4.05. The molecule has 1 unspecified atom stereocenters. The van der Waals surface area contributed by atoms with Gasteiger partial charge in [-0.15, -0.1) is 11.8 Å². The van der Waals surface area contributed by atoms with Crippen LogP contribution in [0.15, 0.2) is 57.5 Å². The van der Waals surface area contributed by atoms with E-state index in [1.54, 1.807) is 31.2 Å². The second kappa shape index (κ2) is 8.67. The van der Waals surface area contributed by atoms with E-state index < -0.39 is 53.0 Å². The maximum Gasteiger partial charge on any atom is 0.408 e. The van der Waals surface area contributed by atoms with Crippen molar-refractivity contribution in [1.29, 1.82) is 0 Å². The van der Waals surface area contributed by atoms with Gasteiger partial charge in [0.15, 0.2) is 17.2 Å². The number of Topliss-reactive ketones (excluding diaryl/α,β-unsaturated/α-hetero) is 1. The van der Waals surface area contributed by atoms with Gasteiger partial charge in [0.2, 0.25) is 5.43 Å². The minimum absolute atomic E-state index is 0.160. The molecule has 1 aromatic heterocycles. The number of alkyl halides is 3. The molecule has 12 heteroatoms. The number of nitrogens with zero attached hydrogens (tertiary/aromatic N) is 3. The first-order chi connectivity index (χ1) is 16.3. The first-order valence-corrected chi connectivity index (χ1v) is 11.6. The highest BCUT2D eigenvalue weighted by molar-refractivity contribution is 8.00. The van der Waals surface area contributed by atoms with Crippen molar-refractivity contribution in [3.05, 3.63) is 69.3 Å². The second-order valence-electron chi connectivity index (χ2n) is 8.46. The first kappa shape index (κ1) is 24.7. The molecule has 2 aromatic rings. The largest absolute Gasteiger partial charge is 0.502 e. The van der Waals surface area contributed by atoms with Crippen molar-refractivity contribution in [2.24, 2.45) is 5.73 Å². The molecule has 0 spiro atoms. The van der Waals surface area contributed by atoms with Gasteiger partial charge in [0.1, 0.15) is 18.8 Å². The number of hydrogen-bond donors (Lipinski definition) is 2. The van der Waals surface area contributed by atoms with Crippen LogP contribution in [0.4, 0.5) is 13.2 Å². The predicted molar refractivity (Wildman–Crippen MR) is 124 cm³/mol. The lowest BCUT2D eigenvalue weighted by Gasteiger charge is -2.46. The van der Waals surface area contributed by atoms with Gasteiger partial charge in [0.05, 0.1) is 5.25 Å². The molecule has 1 amide bonds. The Bertz CT molecular complexity index is 1300. The predicted octanol–water partition coefficient (Wildman–Crippen LogP) is 2.89. The molecule has 2 aliphatic heterocycles. The van der Waals surface area contributed by atoms with E-state index in [1.807, 2.05) is 0 Å². The molecule has 0 saturated carbocycles. The average molecular weight is 509 g/mol. The molecule has 35 heavy (non-hydrogen) atoms. The Morgan fingerprint density at radius 3 is 2.49 bits per heavy atom. The number of halogens is 3. The maximum atomic E-state index is 13.7. The first-order valence-electron chi connectivity index (χ1n) is 10.7. The van der Waals surface area contributed by atoms with E-state index in [9.17, 15) is 32.7 Å². The Morgan fingerprint density at radius 1 is 1.20 bits per heavy atom. The summed E-state index contributed by atoms with van der Waals surface area (Å²) in [5, 5.41) is 11.3. The minimum Gasteiger partial charge on any atom is -0.502 e. The molecule has 3 N–H and O–H groups in total. The highest BCUT2D eigenvalue weighted by Crippen LogP contribution is 2.44. The Morgan fingerprint density at radius 2 is 1.86 bits per heavy atom. The molecule has 0 bridgehead atoms. The molecule has 3 heterocycles. The van der Waals surface area contributed by atoms with Crippen molar-refractivity contribution in [3.8, 4) is 5.75 Å². The number of aromatic hydroxyl groups is 1. The van der Waals surface area contributed by atoms with Gasteiger partial charge in [-0.2, -0.15) is 13.2 Å². The van der Waals surface area contributed by atoms with Crippen molar-refractivity contribution in [2.45, 2.75) is 49.2 Å². The molecular formula is C23H23F3N4O4S. The van der Waals surface area contributed by atoms with Crippen LogP contribution in [-0.2, 0) is 4.79 Å². The number of aromatic nitrogens is 1. The van der Waals surface area contributed by atoms with Gasteiger partial charge < -0.3 is 15.7 Å². The van der Waals surface area contributed by atoms with E-state index in [2.05, 4.69) is 0 Å². The van der Waals surface area contributed by atoms with Crippen LogP contribution >= 0.6 is 11.8 Å². The van der Waals surface area contributed by atoms with Crippen LogP contribution < -0.4 is 16.2 Å². The number of hydrogen-bond acceptors (Lipinski definition) is 7. The number of fused-ring (bicyclic) bond motifs is 2. The van der Waals surface area contributed by atoms with Gasteiger partial charge >= 0.3 is 6.18 Å². The number of ketones is 1. The van der Waals surface area contributed by atoms with Crippen LogP contribution in [0.2, 0.25) is 0 Å². The lowest BCUT2D eigenvalue weighted by molar-refractivity contribution is -0.173. The summed E-state index contributed by atoms with van der Waals surface area (Å²) in [6.07, 6.45) is -3.58. The number of allylic oxidation sites excluding steroid dienone is 1. The van der Waals surface area contributed by atoms with Gasteiger partial charge in [-0.05, 0) is 32.4 Å². The fourth-order valence-electron chi connectivity index (χ4n) is 4.32. The van der Waals surface area contributed by atoms with Crippen LogP contribution in [0, 0.1) is 0 Å². The third-order valence-electron chi connectivity index (χ3n) is 6.18. The number of nitrogens with two attached hydrogens (primary N) is 1. The topological polar surface area (TPSA) is 109 Å². The molecule has 1 aromatic carbocycles. The second-order valence-corrected chi connectivity index (χ2v) is 9.84. The number of carbonyl (C=O) groups excluding carboxylic acids is 2. The van der Waals surface area contributed by atoms with Crippen molar-refractivity contribution >= 4 is 23.5 Å². The summed E-state index contributed by atoms with van der Waals surface area (Å²) in [7, 11) is 0. The molecule has 0 aliphatic carbocycles. The number of pyridine rings is 1. The summed E-state index contributed by atoms with van der Waals surface area (Å²) < 4.78 is 42.3. The van der Waals surface area contributed by atoms with Crippen LogP contribution in [-0.4, -0.2) is 50.5 Å². The molecule has 0 fully saturated rings. The number of amides is 1. The highest BCUT2D eigenvalue weighted by atomic mass is 32.2. The molecule has 3 atom stereocenters. The molecule has 4 rings (SSSR count). The van der Waals surface area contributed by atoms with Crippen LogP contribution in [0.1, 0.15) is 42.9 Å². The Hall–Kier alpha value is -3.41. The Kier molecular flexibility index (Phi) is 6.12. The molecular weight excluding hydrogens is 485 g/mol. The van der Waals surface area contributed by atoms with Gasteiger partial charge in [0, 0.05) is 28.4 Å². The van der Waals surface area contributed by atoms with E-state index in [1.165, 1.54) is 29.9 Å². The number of carbonyl (C=O) groups is 2. The van der Waals surface area contributed by atoms with Crippen LogP contribution in [0.3, 0.4) is 0 Å². The summed E-state index contributed by atoms with van der Waals surface area (Å²) in [6, 6.07) is 4.79. The van der Waals surface area contributed by atoms with E-state index in [0.717, 1.165) is 17.7 Å². The van der Waals surface area contributed by atoms with Crippen molar-refractivity contribution in [2.75, 3.05) is 11.7 Å². The average Bonchev–Trinajstić information content (AvgIpc) is 2.89. The SMILES string of the molecule is CC(N)=C1C(=O)C(C)Sc2ccccc2[C@H]1N1CN([C@H](C)C(F)(F)F)C(=O)c2c(O)c(=O)ccn21. The fraction of sp³-hybridized carbons (Fsp3) is 0.348. The summed E-state index contributed by atoms with van der Waals surface area (Å²) in [6.45, 7) is 3.47. The Balaban J connectivity index is 2.03. The zero-order chi connectivity index (χ0) is 25.8. The summed E-state index contributed by atoms with van der Waals surface area (Å²) in [5.74, 6) is -2.45. The zero-order valence-corrected chi connectivity index (χ0v) is 19.9. The molecule has 186 valence electrons. The fourth-order valence-corrected chi connectivity index (χ4v) is 5.41. The van der Waals surface area contributed by atoms with E-state index in [4.69, 9.17) is 5.73 Å². The van der Waals surface area contributed by atoms with Gasteiger partial charge in [-0.1, -0.05) is 18.2 Å². The number of rotatable bonds is 2. The minimum atomic E-state index is -4.78. The van der Waals surface area contributed by atoms with Gasteiger partial charge in [-0.3, -0.25) is 24.1 Å². The van der Waals surface area contributed by atoms with Crippen LogP contribution in [0.25, 0.3) is 0 Å². The van der Waals surface area contributed by atoms with E-state index >= 15 is 0 Å². The standard InChI is InChI=1S/C23H23F3N4O4S/c1-11(27)17-18(14-6-4-5-7-16(14)35-12(2)20(17)32)30-10-28(13(3)23(24,25)26)22(34)19-21(33)15(31)8-9-29(19)30/h4-9,12-13,18,33H,10,27H2,1-3H3/t12?,13-,18-/m1/s1. The smallest absolute Gasteiger partial charge is 0.408 e. The third-order valence-corrected chi connectivity index (χ3v) is 7.37. The van der Waals surface area contributed by atoms with Gasteiger partial charge in [-0.25, -0.2) is 0 Å². The molecule has 0 radical (unpaired) electrons. The molecule has 2 aliphatic rings.